The predicted octanol–water partition coefficient (Wildman–Crippen LogP) is 12.0. The average Bonchev–Trinajstić information content (AvgIpc) is 3.55. The molecule has 0 saturated carbocycles. The van der Waals surface area contributed by atoms with Crippen molar-refractivity contribution < 1.29 is 15.4 Å². The van der Waals surface area contributed by atoms with Gasteiger partial charge in [-0.2, -0.15) is 0 Å². The van der Waals surface area contributed by atoms with Gasteiger partial charge in [-0.05, 0) is 90.3 Å². The molecule has 0 aliphatic heterocycles. The summed E-state index contributed by atoms with van der Waals surface area (Å²) in [4.78, 5) is 0. The Hall–Kier alpha value is -5.66. The Morgan fingerprint density at radius 2 is 1.07 bits per heavy atom. The van der Waals surface area contributed by atoms with Crippen molar-refractivity contribution in [2.75, 3.05) is 0 Å². The highest BCUT2D eigenvalue weighted by Gasteiger charge is 2.16. The predicted molar refractivity (Wildman–Crippen MR) is 186 cm³/mol. The topological polar surface area (TPSA) is 13.1 Å². The molecule has 9 rings (SSSR count). The number of benzene rings is 8. The molecule has 0 aliphatic rings. The molecule has 44 heavy (non-hydrogen) atoms. The molecular formula is C43H28O. The van der Waals surface area contributed by atoms with Gasteiger partial charge < -0.3 is 4.42 Å². The van der Waals surface area contributed by atoms with Gasteiger partial charge in [0.15, 0.2) is 0 Å². The van der Waals surface area contributed by atoms with Crippen LogP contribution >= 0.6 is 0 Å². The molecule has 206 valence electrons. The van der Waals surface area contributed by atoms with Gasteiger partial charge >= 0.3 is 0 Å². The first kappa shape index (κ1) is 18.1. The number of furan rings is 1. The minimum atomic E-state index is -0.411. The van der Waals surface area contributed by atoms with E-state index >= 15 is 0 Å². The third-order valence-corrected chi connectivity index (χ3v) is 8.56. The summed E-state index contributed by atoms with van der Waals surface area (Å²) < 4.78 is 77.6. The number of hydrogen-bond acceptors (Lipinski definition) is 1. The van der Waals surface area contributed by atoms with Crippen LogP contribution in [0.3, 0.4) is 0 Å². The lowest BCUT2D eigenvalue weighted by atomic mass is 9.86. The van der Waals surface area contributed by atoms with Crippen molar-refractivity contribution in [1.29, 1.82) is 0 Å². The van der Waals surface area contributed by atoms with E-state index in [1.807, 2.05) is 109 Å². The minimum absolute atomic E-state index is 0.186. The van der Waals surface area contributed by atoms with E-state index < -0.39 is 24.2 Å². The van der Waals surface area contributed by atoms with Gasteiger partial charge in [0.2, 0.25) is 0 Å². The second kappa shape index (κ2) is 9.97. The molecule has 0 saturated heterocycles. The molecule has 1 heterocycles. The Morgan fingerprint density at radius 3 is 1.84 bits per heavy atom. The number of hydrogen-bond donors (Lipinski definition) is 0. The largest absolute Gasteiger partial charge is 0.456 e. The summed E-state index contributed by atoms with van der Waals surface area (Å²) in [6, 6.07) is 32.7. The van der Waals surface area contributed by atoms with Gasteiger partial charge in [-0.25, -0.2) is 0 Å². The highest BCUT2D eigenvalue weighted by molar-refractivity contribution is 6.15. The third-order valence-electron chi connectivity index (χ3n) is 8.56. The standard InChI is InChI=1S/C43H28O/c1-2-10-32-25-28(17-18-29(32)9-1)26-40-34-11-3-5-14-38(34)43(39-15-6-4-12-35(39)40)31-21-19-30(20-22-31)33-23-24-37-36-13-7-8-16-41(36)44-42(37)27-33/h1-25,27H,26H2/i3D,4D,5D,6D,11D,12D,14D,15D. The zero-order valence-corrected chi connectivity index (χ0v) is 23.5. The molecule has 1 heteroatoms. The summed E-state index contributed by atoms with van der Waals surface area (Å²) in [7, 11) is 0. The fourth-order valence-corrected chi connectivity index (χ4v) is 6.46. The smallest absolute Gasteiger partial charge is 0.136 e. The van der Waals surface area contributed by atoms with E-state index in [0.29, 0.717) is 16.7 Å². The molecule has 1 aromatic heterocycles. The molecular weight excluding hydrogens is 532 g/mol. The Balaban J connectivity index is 1.32. The van der Waals surface area contributed by atoms with E-state index in [4.69, 9.17) is 9.90 Å². The monoisotopic (exact) mass is 568 g/mol. The lowest BCUT2D eigenvalue weighted by Gasteiger charge is -2.18. The fraction of sp³-hybridized carbons (Fsp3) is 0.0233. The van der Waals surface area contributed by atoms with Gasteiger partial charge in [-0.3, -0.25) is 0 Å². The van der Waals surface area contributed by atoms with E-state index in [1.165, 1.54) is 0 Å². The number of rotatable bonds is 4. The summed E-state index contributed by atoms with van der Waals surface area (Å²) in [6.45, 7) is 0. The Labute approximate surface area is 266 Å². The zero-order valence-electron chi connectivity index (χ0n) is 31.5. The summed E-state index contributed by atoms with van der Waals surface area (Å²) in [5.74, 6) is 0. The molecule has 0 bridgehead atoms. The lowest BCUT2D eigenvalue weighted by Crippen LogP contribution is -1.95. The minimum Gasteiger partial charge on any atom is -0.456 e. The highest BCUT2D eigenvalue weighted by atomic mass is 16.3. The van der Waals surface area contributed by atoms with Gasteiger partial charge in [-0.1, -0.05) is 139 Å². The van der Waals surface area contributed by atoms with Crippen molar-refractivity contribution in [3.63, 3.8) is 0 Å². The van der Waals surface area contributed by atoms with Crippen LogP contribution in [-0.2, 0) is 6.42 Å². The van der Waals surface area contributed by atoms with Crippen molar-refractivity contribution in [1.82, 2.24) is 0 Å². The van der Waals surface area contributed by atoms with Crippen molar-refractivity contribution in [3.8, 4) is 22.3 Å². The molecule has 0 unspecified atom stereocenters. The average molecular weight is 569 g/mol. The first-order valence-electron chi connectivity index (χ1n) is 18.6. The third kappa shape index (κ3) is 4.01. The molecule has 8 aromatic carbocycles. The lowest BCUT2D eigenvalue weighted by molar-refractivity contribution is 0.669. The van der Waals surface area contributed by atoms with E-state index in [0.717, 1.165) is 49.4 Å². The zero-order chi connectivity index (χ0) is 36.0. The second-order valence-corrected chi connectivity index (χ2v) is 11.1. The van der Waals surface area contributed by atoms with Gasteiger partial charge in [-0.15, -0.1) is 0 Å². The SMILES string of the molecule is [2H]c1c([2H])c([2H])c2c(-c3ccc(-c4ccc5c(c4)oc4ccccc45)cc3)c3c([2H])c([2H])c([2H])c([2H])c3c(Cc3ccc4ccccc4c3)c2c1[2H]. The maximum Gasteiger partial charge on any atom is 0.136 e. The molecule has 0 radical (unpaired) electrons. The van der Waals surface area contributed by atoms with Crippen LogP contribution in [0.15, 0.2) is 162 Å². The summed E-state index contributed by atoms with van der Waals surface area (Å²) in [5.41, 5.74) is 5.55. The molecule has 0 atom stereocenters. The van der Waals surface area contributed by atoms with Crippen molar-refractivity contribution >= 4 is 54.3 Å². The van der Waals surface area contributed by atoms with Gasteiger partial charge in [0, 0.05) is 10.8 Å². The maximum atomic E-state index is 9.20. The normalized spacial score (nSPS) is 14.3. The van der Waals surface area contributed by atoms with Crippen LogP contribution in [-0.4, -0.2) is 0 Å². The van der Waals surface area contributed by atoms with Gasteiger partial charge in [0.25, 0.3) is 0 Å². The molecule has 1 nitrogen and oxygen atoms in total. The van der Waals surface area contributed by atoms with E-state index in [1.54, 1.807) is 0 Å². The van der Waals surface area contributed by atoms with E-state index in [2.05, 4.69) is 0 Å². The summed E-state index contributed by atoms with van der Waals surface area (Å²) in [5, 5.41) is 5.01. The van der Waals surface area contributed by atoms with Gasteiger partial charge in [0.05, 0.1) is 11.0 Å². The van der Waals surface area contributed by atoms with Crippen molar-refractivity contribution in [2.24, 2.45) is 0 Å². The maximum absolute atomic E-state index is 9.20. The van der Waals surface area contributed by atoms with Crippen LogP contribution in [0.2, 0.25) is 0 Å². The molecule has 0 amide bonds. The van der Waals surface area contributed by atoms with Crippen LogP contribution < -0.4 is 0 Å². The number of fused-ring (bicyclic) bond motifs is 6. The van der Waals surface area contributed by atoms with Crippen molar-refractivity contribution in [3.05, 3.63) is 169 Å². The van der Waals surface area contributed by atoms with Crippen molar-refractivity contribution in [2.45, 2.75) is 6.42 Å². The Morgan fingerprint density at radius 1 is 0.455 bits per heavy atom. The fourth-order valence-electron chi connectivity index (χ4n) is 6.46. The summed E-state index contributed by atoms with van der Waals surface area (Å²) >= 11 is 0. The van der Waals surface area contributed by atoms with E-state index in [-0.39, 0.29) is 52.1 Å². The molecule has 9 aromatic rings. The molecule has 0 N–H and O–H groups in total. The van der Waals surface area contributed by atoms with Crippen LogP contribution in [0.1, 0.15) is 22.1 Å². The highest BCUT2D eigenvalue weighted by Crippen LogP contribution is 2.41. The Kier molecular flexibility index (Phi) is 4.10. The second-order valence-electron chi connectivity index (χ2n) is 11.1. The molecule has 0 aliphatic carbocycles. The van der Waals surface area contributed by atoms with Crippen LogP contribution in [0.25, 0.3) is 76.5 Å². The first-order chi connectivity index (χ1) is 25.1. The number of para-hydroxylation sites is 1. The van der Waals surface area contributed by atoms with Crippen LogP contribution in [0, 0.1) is 0 Å². The summed E-state index contributed by atoms with van der Waals surface area (Å²) in [6.07, 6.45) is 0.186. The molecule has 0 spiro atoms. The van der Waals surface area contributed by atoms with Crippen LogP contribution in [0.4, 0.5) is 0 Å². The molecule has 0 fully saturated rings. The van der Waals surface area contributed by atoms with Gasteiger partial charge in [0.1, 0.15) is 11.2 Å². The first-order valence-corrected chi connectivity index (χ1v) is 14.6. The Bertz CT molecular complexity index is 2880. The van der Waals surface area contributed by atoms with E-state index in [9.17, 15) is 5.48 Å². The quantitative estimate of drug-likeness (QED) is 0.192. The van der Waals surface area contributed by atoms with Crippen LogP contribution in [0.5, 0.6) is 0 Å².